The van der Waals surface area contributed by atoms with Crippen LogP contribution in [0.2, 0.25) is 5.02 Å². The van der Waals surface area contributed by atoms with E-state index in [9.17, 15) is 20.3 Å². The van der Waals surface area contributed by atoms with Gasteiger partial charge in [0, 0.05) is 37.1 Å². The van der Waals surface area contributed by atoms with Crippen molar-refractivity contribution in [1.29, 1.82) is 5.26 Å². The molecule has 2 aliphatic rings. The average Bonchev–Trinajstić information content (AvgIpc) is 3.54. The minimum Gasteiger partial charge on any atom is -0.488 e. The molecule has 2 heterocycles. The van der Waals surface area contributed by atoms with Crippen molar-refractivity contribution in [3.8, 4) is 17.6 Å². The maximum absolute atomic E-state index is 11.9. The quantitative estimate of drug-likeness (QED) is 0.169. The molecule has 0 bridgehead atoms. The van der Waals surface area contributed by atoms with Gasteiger partial charge in [-0.1, -0.05) is 54.1 Å². The number of aliphatic hydroxyl groups is 2. The fraction of sp³-hybridized carbons (Fsp3) is 0.361. The van der Waals surface area contributed by atoms with Crippen LogP contribution in [0, 0.1) is 17.2 Å². The van der Waals surface area contributed by atoms with Crippen molar-refractivity contribution in [3.63, 3.8) is 0 Å². The zero-order chi connectivity index (χ0) is 33.4. The van der Waals surface area contributed by atoms with Crippen molar-refractivity contribution in [1.82, 2.24) is 9.88 Å². The number of aliphatic hydroxyl groups excluding tert-OH is 2. The summed E-state index contributed by atoms with van der Waals surface area (Å²) < 4.78 is 19.1. The number of aldehydes is 1. The van der Waals surface area contributed by atoms with Crippen LogP contribution in [0.3, 0.4) is 0 Å². The van der Waals surface area contributed by atoms with E-state index in [4.69, 9.17) is 37.4 Å². The molecule has 1 aromatic heterocycles. The van der Waals surface area contributed by atoms with E-state index in [0.717, 1.165) is 24.1 Å². The Morgan fingerprint density at radius 1 is 1.19 bits per heavy atom. The fourth-order valence-electron chi connectivity index (χ4n) is 5.92. The highest BCUT2D eigenvalue weighted by Crippen LogP contribution is 2.48. The van der Waals surface area contributed by atoms with E-state index in [0.29, 0.717) is 37.1 Å². The maximum Gasteiger partial charge on any atom is 0.153 e. The molecule has 2 N–H and O–H groups in total. The molecule has 246 valence electrons. The zero-order valence-corrected chi connectivity index (χ0v) is 27.5. The Hall–Kier alpha value is -3.75. The highest BCUT2D eigenvalue weighted by molar-refractivity contribution is 6.32. The lowest BCUT2D eigenvalue weighted by Crippen LogP contribution is -2.55. The summed E-state index contributed by atoms with van der Waals surface area (Å²) in [6.07, 6.45) is 9.59. The number of aromatic nitrogens is 1. The van der Waals surface area contributed by atoms with Crippen LogP contribution in [-0.2, 0) is 11.3 Å². The Balaban J connectivity index is 1.39. The second kappa shape index (κ2) is 15.4. The molecule has 2 aromatic carbocycles. The number of carbonyl (C=O) groups excluding carboxylic acids is 1. The van der Waals surface area contributed by atoms with E-state index in [1.165, 1.54) is 12.3 Å². The number of pyridine rings is 1. The molecule has 4 atom stereocenters. The molecular weight excluding hydrogens is 641 g/mol. The third-order valence-electron chi connectivity index (χ3n) is 8.59. The van der Waals surface area contributed by atoms with E-state index in [-0.39, 0.29) is 47.8 Å². The molecule has 47 heavy (non-hydrogen) atoms. The molecule has 1 aliphatic heterocycles. The third kappa shape index (κ3) is 8.04. The van der Waals surface area contributed by atoms with Crippen LogP contribution in [0.25, 0.3) is 5.57 Å². The Morgan fingerprint density at radius 2 is 2.00 bits per heavy atom. The first-order valence-corrected chi connectivity index (χ1v) is 16.1. The third-order valence-corrected chi connectivity index (χ3v) is 9.41. The number of nitriles is 1. The predicted molar refractivity (Wildman–Crippen MR) is 180 cm³/mol. The minimum atomic E-state index is -1.14. The Bertz CT molecular complexity index is 1660. The smallest absolute Gasteiger partial charge is 0.153 e. The van der Waals surface area contributed by atoms with Crippen LogP contribution < -0.4 is 9.47 Å². The Labute approximate surface area is 284 Å². The van der Waals surface area contributed by atoms with E-state index in [2.05, 4.69) is 16.0 Å². The summed E-state index contributed by atoms with van der Waals surface area (Å²) in [6, 6.07) is 16.6. The van der Waals surface area contributed by atoms with E-state index >= 15 is 0 Å². The minimum absolute atomic E-state index is 0.0128. The summed E-state index contributed by atoms with van der Waals surface area (Å²) in [5.41, 5.74) is 1.98. The number of ether oxygens (including phenoxy) is 3. The standard InChI is InChI=1S/C36H37Cl2N3O6/c1-35(38)31(28-6-3-2-4-7-28)8-5-10-36(35,47-23-25-9-11-41(18-25)19-30(44)21-43)24-46-34-14-33(29(20-42)13-32(34)37)45-22-27-12-26(15-39)16-40-17-27/h2-8,10,12-14,16-17,20,25,30,43-44H,9,11,18-19,21-24H2,1H3/t25-,30?,35?,36?/m0/s1. The van der Waals surface area contributed by atoms with E-state index in [1.54, 1.807) is 18.3 Å². The number of hydrogen-bond acceptors (Lipinski definition) is 9. The van der Waals surface area contributed by atoms with Gasteiger partial charge in [0.05, 0.1) is 35.5 Å². The van der Waals surface area contributed by atoms with Gasteiger partial charge in [0.1, 0.15) is 41.3 Å². The summed E-state index contributed by atoms with van der Waals surface area (Å²) in [4.78, 5) is 17.0. The molecular formula is C36H37Cl2N3O6. The normalized spacial score (nSPS) is 23.1. The molecule has 3 aromatic rings. The van der Waals surface area contributed by atoms with Gasteiger partial charge in [-0.05, 0) is 55.2 Å². The van der Waals surface area contributed by atoms with Crippen LogP contribution in [0.5, 0.6) is 11.5 Å². The van der Waals surface area contributed by atoms with E-state index < -0.39 is 16.6 Å². The van der Waals surface area contributed by atoms with Gasteiger partial charge in [0.2, 0.25) is 0 Å². The van der Waals surface area contributed by atoms with Crippen LogP contribution in [0.4, 0.5) is 0 Å². The van der Waals surface area contributed by atoms with Gasteiger partial charge in [-0.3, -0.25) is 9.78 Å². The lowest BCUT2D eigenvalue weighted by atomic mass is 9.76. The van der Waals surface area contributed by atoms with Crippen molar-refractivity contribution in [2.45, 2.75) is 36.5 Å². The van der Waals surface area contributed by atoms with Crippen molar-refractivity contribution in [3.05, 3.63) is 106 Å². The lowest BCUT2D eigenvalue weighted by Gasteiger charge is -2.46. The second-order valence-electron chi connectivity index (χ2n) is 12.0. The topological polar surface area (TPSA) is 125 Å². The number of β-amino-alcohol motifs (C(OH)–C–C–N with tert-alkyl or cyclic N) is 1. The molecule has 0 amide bonds. The largest absolute Gasteiger partial charge is 0.488 e. The Morgan fingerprint density at radius 3 is 2.74 bits per heavy atom. The first kappa shape index (κ1) is 34.6. The Kier molecular flexibility index (Phi) is 11.4. The highest BCUT2D eigenvalue weighted by Gasteiger charge is 2.52. The number of allylic oxidation sites excluding steroid dienone is 2. The maximum atomic E-state index is 11.9. The second-order valence-corrected chi connectivity index (χ2v) is 13.1. The van der Waals surface area contributed by atoms with Crippen LogP contribution in [0.1, 0.15) is 40.4 Å². The van der Waals surface area contributed by atoms with Crippen LogP contribution >= 0.6 is 23.2 Å². The van der Waals surface area contributed by atoms with Crippen molar-refractivity contribution >= 4 is 35.1 Å². The van der Waals surface area contributed by atoms with Crippen LogP contribution in [0.15, 0.2) is 79.2 Å². The number of carbonyl (C=O) groups is 1. The number of hydrogen-bond donors (Lipinski definition) is 2. The van der Waals surface area contributed by atoms with Gasteiger partial charge in [-0.15, -0.1) is 11.6 Å². The summed E-state index contributed by atoms with van der Waals surface area (Å²) in [5, 5.41) is 28.6. The molecule has 11 heteroatoms. The van der Waals surface area contributed by atoms with Gasteiger partial charge < -0.3 is 29.3 Å². The number of likely N-dealkylation sites (tertiary alicyclic amines) is 1. The molecule has 9 nitrogen and oxygen atoms in total. The fourth-order valence-corrected chi connectivity index (χ4v) is 6.49. The average molecular weight is 679 g/mol. The summed E-state index contributed by atoms with van der Waals surface area (Å²) >= 11 is 14.1. The number of benzene rings is 2. The number of rotatable bonds is 14. The number of alkyl halides is 1. The van der Waals surface area contributed by atoms with Crippen molar-refractivity contribution < 1.29 is 29.2 Å². The summed E-state index contributed by atoms with van der Waals surface area (Å²) in [7, 11) is 0. The van der Waals surface area contributed by atoms with Gasteiger partial charge >= 0.3 is 0 Å². The van der Waals surface area contributed by atoms with Gasteiger partial charge in [0.15, 0.2) is 6.29 Å². The monoisotopic (exact) mass is 677 g/mol. The van der Waals surface area contributed by atoms with Gasteiger partial charge in [0.25, 0.3) is 0 Å². The summed E-state index contributed by atoms with van der Waals surface area (Å²) in [6.45, 7) is 3.96. The molecule has 3 unspecified atom stereocenters. The first-order chi connectivity index (χ1) is 22.7. The lowest BCUT2D eigenvalue weighted by molar-refractivity contribution is -0.0645. The SMILES string of the molecule is CC1(Cl)C(c2ccccc2)=CC=CC1(COc1cc(OCc2cncc(C#N)c2)c(C=O)cc1Cl)OC[C@H]1CCN(CC(O)CO)C1. The van der Waals surface area contributed by atoms with Crippen LogP contribution in [-0.4, -0.2) is 82.4 Å². The van der Waals surface area contributed by atoms with Crippen molar-refractivity contribution in [2.24, 2.45) is 5.92 Å². The first-order valence-electron chi connectivity index (χ1n) is 15.4. The number of halogens is 2. The summed E-state index contributed by atoms with van der Waals surface area (Å²) in [5.74, 6) is 0.709. The van der Waals surface area contributed by atoms with Crippen molar-refractivity contribution in [2.75, 3.05) is 39.5 Å². The highest BCUT2D eigenvalue weighted by atomic mass is 35.5. The molecule has 1 fully saturated rings. The van der Waals surface area contributed by atoms with Gasteiger partial charge in [-0.2, -0.15) is 5.26 Å². The van der Waals surface area contributed by atoms with Gasteiger partial charge in [-0.25, -0.2) is 0 Å². The molecule has 0 saturated carbocycles. The molecule has 5 rings (SSSR count). The predicted octanol–water partition coefficient (Wildman–Crippen LogP) is 5.46. The molecule has 0 spiro atoms. The molecule has 1 aliphatic carbocycles. The molecule has 1 saturated heterocycles. The number of nitrogens with zero attached hydrogens (tertiary/aromatic N) is 3. The zero-order valence-electron chi connectivity index (χ0n) is 26.0. The van der Waals surface area contributed by atoms with E-state index in [1.807, 2.05) is 55.5 Å². The molecule has 0 radical (unpaired) electrons.